The number of nitrogens with zero attached hydrogens (tertiary/aromatic N) is 1. The predicted molar refractivity (Wildman–Crippen MR) is 58.0 cm³/mol. The lowest BCUT2D eigenvalue weighted by atomic mass is 10.2. The Morgan fingerprint density at radius 3 is 2.62 bits per heavy atom. The minimum atomic E-state index is -3.41. The number of hydrogen-bond donors (Lipinski definition) is 2. The van der Waals surface area contributed by atoms with Crippen molar-refractivity contribution in [1.29, 1.82) is 0 Å². The van der Waals surface area contributed by atoms with Crippen molar-refractivity contribution in [2.24, 2.45) is 5.14 Å². The van der Waals surface area contributed by atoms with E-state index >= 15 is 0 Å². The zero-order valence-corrected chi connectivity index (χ0v) is 10.2. The van der Waals surface area contributed by atoms with Crippen molar-refractivity contribution in [1.82, 2.24) is 4.90 Å². The number of aliphatic hydroxyl groups excluding tert-OH is 1. The fourth-order valence-corrected chi connectivity index (χ4v) is 4.09. The average molecular weight is 320 g/mol. The highest BCUT2D eigenvalue weighted by atomic mass is 127. The maximum atomic E-state index is 10.9. The van der Waals surface area contributed by atoms with E-state index in [-0.39, 0.29) is 4.05 Å². The van der Waals surface area contributed by atoms with Crippen LogP contribution < -0.4 is 5.14 Å². The van der Waals surface area contributed by atoms with Crippen molar-refractivity contribution in [2.75, 3.05) is 13.1 Å². The van der Waals surface area contributed by atoms with Crippen molar-refractivity contribution in [3.05, 3.63) is 0 Å². The third kappa shape index (κ3) is 2.75. The molecule has 1 heterocycles. The molecule has 3 atom stereocenters. The van der Waals surface area contributed by atoms with Crippen LogP contribution in [-0.4, -0.2) is 46.9 Å². The summed E-state index contributed by atoms with van der Waals surface area (Å²) in [6.07, 6.45) is -0.432. The Morgan fingerprint density at radius 2 is 2.31 bits per heavy atom. The Labute approximate surface area is 91.5 Å². The van der Waals surface area contributed by atoms with Crippen LogP contribution >= 0.6 is 22.6 Å². The summed E-state index contributed by atoms with van der Waals surface area (Å²) in [5.74, 6) is 0. The van der Waals surface area contributed by atoms with Gasteiger partial charge in [-0.1, -0.05) is 22.6 Å². The lowest BCUT2D eigenvalue weighted by Crippen LogP contribution is -2.62. The van der Waals surface area contributed by atoms with Crippen molar-refractivity contribution >= 4 is 32.6 Å². The first-order chi connectivity index (χ1) is 5.82. The molecule has 0 aliphatic carbocycles. The van der Waals surface area contributed by atoms with Crippen LogP contribution in [0.1, 0.15) is 6.92 Å². The first-order valence-corrected chi connectivity index (χ1v) is 6.75. The van der Waals surface area contributed by atoms with Gasteiger partial charge in [0.15, 0.2) is 0 Å². The van der Waals surface area contributed by atoms with Gasteiger partial charge in [0, 0.05) is 13.1 Å². The maximum absolute atomic E-state index is 10.9. The number of β-amino-alcohol motifs (C(OH)–C–C–N with tert-alkyl or cyclic N) is 1. The summed E-state index contributed by atoms with van der Waals surface area (Å²) in [4.78, 5) is 1.89. The molecule has 78 valence electrons. The molecule has 1 saturated heterocycles. The van der Waals surface area contributed by atoms with Crippen molar-refractivity contribution in [2.45, 2.75) is 22.3 Å². The van der Waals surface area contributed by atoms with Crippen LogP contribution in [0.4, 0.5) is 0 Å². The van der Waals surface area contributed by atoms with E-state index in [0.29, 0.717) is 13.1 Å². The zero-order chi connectivity index (χ0) is 10.2. The van der Waals surface area contributed by atoms with Crippen LogP contribution in [0.25, 0.3) is 0 Å². The van der Waals surface area contributed by atoms with E-state index in [2.05, 4.69) is 0 Å². The molecule has 0 amide bonds. The monoisotopic (exact) mass is 320 g/mol. The molecule has 0 aromatic heterocycles. The van der Waals surface area contributed by atoms with E-state index in [9.17, 15) is 8.42 Å². The number of sulfonamides is 1. The molecule has 1 aliphatic heterocycles. The highest BCUT2D eigenvalue weighted by Gasteiger charge is 2.44. The molecule has 1 aliphatic rings. The van der Waals surface area contributed by atoms with Gasteiger partial charge in [-0.3, -0.25) is 4.90 Å². The van der Waals surface area contributed by atoms with Gasteiger partial charge in [-0.25, -0.2) is 13.6 Å². The molecule has 0 bridgehead atoms. The quantitative estimate of drug-likeness (QED) is 0.401. The summed E-state index contributed by atoms with van der Waals surface area (Å²) in [6.45, 7) is 2.60. The van der Waals surface area contributed by atoms with Crippen molar-refractivity contribution in [3.63, 3.8) is 0 Å². The molecule has 0 spiro atoms. The fourth-order valence-electron chi connectivity index (χ4n) is 1.29. The number of likely N-dealkylation sites (tertiary alicyclic amines) is 1. The van der Waals surface area contributed by atoms with Gasteiger partial charge in [0.05, 0.1) is 10.2 Å². The minimum absolute atomic E-state index is 0.109. The van der Waals surface area contributed by atoms with Crippen LogP contribution in [0.2, 0.25) is 0 Å². The SMILES string of the molecule is CC(O)CN1CC(S(N)(=O)=O)C1I. The summed E-state index contributed by atoms with van der Waals surface area (Å²) in [6, 6.07) is 0. The molecule has 0 aromatic carbocycles. The van der Waals surface area contributed by atoms with Gasteiger partial charge < -0.3 is 5.11 Å². The molecular formula is C6H13IN2O3S. The molecule has 3 unspecified atom stereocenters. The Balaban J connectivity index is 2.48. The minimum Gasteiger partial charge on any atom is -0.392 e. The topological polar surface area (TPSA) is 83.6 Å². The van der Waals surface area contributed by atoms with E-state index < -0.39 is 21.4 Å². The smallest absolute Gasteiger partial charge is 0.215 e. The van der Waals surface area contributed by atoms with Gasteiger partial charge in [-0.15, -0.1) is 0 Å². The molecule has 0 aromatic rings. The van der Waals surface area contributed by atoms with Crippen LogP contribution in [0.15, 0.2) is 0 Å². The van der Waals surface area contributed by atoms with Crippen LogP contribution in [0.3, 0.4) is 0 Å². The maximum Gasteiger partial charge on any atom is 0.215 e. The fraction of sp³-hybridized carbons (Fsp3) is 1.00. The standard InChI is InChI=1S/C6H13IN2O3S/c1-4(10)2-9-3-5(6(9)7)13(8,11)12/h4-6,10H,2-3H2,1H3,(H2,8,11,12). The number of alkyl halides is 1. The number of hydrogen-bond acceptors (Lipinski definition) is 4. The number of rotatable bonds is 3. The zero-order valence-electron chi connectivity index (χ0n) is 7.22. The molecule has 0 saturated carbocycles. The molecular weight excluding hydrogens is 307 g/mol. The number of halogens is 1. The van der Waals surface area contributed by atoms with E-state index in [4.69, 9.17) is 10.2 Å². The van der Waals surface area contributed by atoms with E-state index in [0.717, 1.165) is 0 Å². The van der Waals surface area contributed by atoms with Crippen molar-refractivity contribution in [3.8, 4) is 0 Å². The summed E-state index contributed by atoms with van der Waals surface area (Å²) >= 11 is 2.03. The van der Waals surface area contributed by atoms with Gasteiger partial charge in [0.2, 0.25) is 10.0 Å². The highest BCUT2D eigenvalue weighted by Crippen LogP contribution is 2.28. The number of nitrogens with two attached hydrogens (primary N) is 1. The molecule has 3 N–H and O–H groups in total. The highest BCUT2D eigenvalue weighted by molar-refractivity contribution is 14.1. The molecule has 0 radical (unpaired) electrons. The Bertz CT molecular complexity index is 280. The van der Waals surface area contributed by atoms with E-state index in [1.807, 2.05) is 27.5 Å². The summed E-state index contributed by atoms with van der Waals surface area (Å²) in [5.41, 5.74) is 0. The molecule has 1 fully saturated rings. The molecule has 7 heteroatoms. The Kier molecular flexibility index (Phi) is 3.55. The van der Waals surface area contributed by atoms with Gasteiger partial charge in [0.1, 0.15) is 5.25 Å². The van der Waals surface area contributed by atoms with Gasteiger partial charge in [0.25, 0.3) is 0 Å². The Morgan fingerprint density at radius 1 is 1.77 bits per heavy atom. The first kappa shape index (κ1) is 11.6. The van der Waals surface area contributed by atoms with Crippen LogP contribution in [0, 0.1) is 0 Å². The van der Waals surface area contributed by atoms with E-state index in [1.54, 1.807) is 6.92 Å². The first-order valence-electron chi connectivity index (χ1n) is 3.90. The second-order valence-corrected chi connectivity index (χ2v) is 6.36. The molecule has 13 heavy (non-hydrogen) atoms. The number of aliphatic hydroxyl groups is 1. The van der Waals surface area contributed by atoms with Crippen LogP contribution in [-0.2, 0) is 10.0 Å². The second-order valence-electron chi connectivity index (χ2n) is 3.30. The summed E-state index contributed by atoms with van der Waals surface area (Å²) in [5, 5.41) is 13.6. The average Bonchev–Trinajstić information content (AvgIpc) is 1.93. The third-order valence-corrected chi connectivity index (χ3v) is 5.39. The number of primary sulfonamides is 1. The normalized spacial score (nSPS) is 32.6. The summed E-state index contributed by atoms with van der Waals surface area (Å²) < 4.78 is 21.8. The second kappa shape index (κ2) is 3.97. The Hall–Kier alpha value is 0.560. The van der Waals surface area contributed by atoms with Crippen LogP contribution in [0.5, 0.6) is 0 Å². The van der Waals surface area contributed by atoms with Gasteiger partial charge in [-0.2, -0.15) is 0 Å². The molecule has 5 nitrogen and oxygen atoms in total. The predicted octanol–water partition coefficient (Wildman–Crippen LogP) is -0.899. The van der Waals surface area contributed by atoms with Gasteiger partial charge in [-0.05, 0) is 6.92 Å². The lowest BCUT2D eigenvalue weighted by molar-refractivity contribution is 0.0845. The largest absolute Gasteiger partial charge is 0.392 e. The van der Waals surface area contributed by atoms with Gasteiger partial charge >= 0.3 is 0 Å². The summed E-state index contributed by atoms with van der Waals surface area (Å²) in [7, 11) is -3.41. The molecule has 1 rings (SSSR count). The van der Waals surface area contributed by atoms with Crippen molar-refractivity contribution < 1.29 is 13.5 Å². The lowest BCUT2D eigenvalue weighted by Gasteiger charge is -2.43. The van der Waals surface area contributed by atoms with E-state index in [1.165, 1.54) is 0 Å². The third-order valence-electron chi connectivity index (χ3n) is 1.99.